The smallest absolute Gasteiger partial charge is 0.325 e. The van der Waals surface area contributed by atoms with Gasteiger partial charge in [-0.05, 0) is 43.7 Å². The summed E-state index contributed by atoms with van der Waals surface area (Å²) in [5.74, 6) is -0.325. The van der Waals surface area contributed by atoms with E-state index in [9.17, 15) is 14.4 Å². The van der Waals surface area contributed by atoms with Crippen LogP contribution in [0, 0.1) is 6.92 Å². The lowest BCUT2D eigenvalue weighted by atomic mass is 9.92. The third-order valence-corrected chi connectivity index (χ3v) is 6.08. The van der Waals surface area contributed by atoms with Gasteiger partial charge < -0.3 is 15.4 Å². The van der Waals surface area contributed by atoms with Crippen LogP contribution in [0.1, 0.15) is 17.5 Å². The van der Waals surface area contributed by atoms with Crippen LogP contribution in [0.25, 0.3) is 11.3 Å². The number of thiazole rings is 1. The maximum atomic E-state index is 13.0. The molecule has 1 aromatic heterocycles. The number of ether oxygens (including phenoxy) is 1. The first-order chi connectivity index (χ1) is 15.3. The van der Waals surface area contributed by atoms with Gasteiger partial charge in [-0.15, -0.1) is 11.3 Å². The zero-order chi connectivity index (χ0) is 22.9. The number of aromatic nitrogens is 1. The lowest BCUT2D eigenvalue weighted by Crippen LogP contribution is -2.42. The van der Waals surface area contributed by atoms with Gasteiger partial charge in [0.2, 0.25) is 5.91 Å². The number of nitrogens with one attached hydrogen (secondary N) is 2. The average Bonchev–Trinajstić information content (AvgIpc) is 3.31. The molecule has 1 aliphatic heterocycles. The first-order valence-electron chi connectivity index (χ1n) is 9.91. The maximum Gasteiger partial charge on any atom is 0.325 e. The van der Waals surface area contributed by atoms with Crippen LogP contribution in [0.4, 0.5) is 10.5 Å². The molecule has 0 radical (unpaired) electrons. The molecule has 2 heterocycles. The lowest BCUT2D eigenvalue weighted by Gasteiger charge is -2.22. The number of anilines is 1. The van der Waals surface area contributed by atoms with E-state index in [1.54, 1.807) is 61.8 Å². The molecular weight excluding hydrogens is 428 g/mol. The Morgan fingerprint density at radius 3 is 2.62 bits per heavy atom. The standard InChI is InChI=1S/C23H22N4O4S/c1-14-24-19(13-32-14)15-5-4-6-17(11-15)25-20(28)12-27-21(29)23(2,26-22(27)30)16-7-9-18(31-3)10-8-16/h4-11,13H,12H2,1-3H3,(H,25,28)(H,26,30). The number of benzene rings is 2. The topological polar surface area (TPSA) is 101 Å². The van der Waals surface area contributed by atoms with Crippen LogP contribution in [0.2, 0.25) is 0 Å². The van der Waals surface area contributed by atoms with Gasteiger partial charge in [-0.3, -0.25) is 14.5 Å². The van der Waals surface area contributed by atoms with Crippen LogP contribution < -0.4 is 15.4 Å². The molecule has 1 unspecified atom stereocenters. The quantitative estimate of drug-likeness (QED) is 0.560. The summed E-state index contributed by atoms with van der Waals surface area (Å²) in [6.07, 6.45) is 0. The fourth-order valence-electron chi connectivity index (χ4n) is 3.56. The molecule has 1 saturated heterocycles. The van der Waals surface area contributed by atoms with Crippen LogP contribution in [-0.2, 0) is 15.1 Å². The second-order valence-electron chi connectivity index (χ2n) is 7.56. The number of imide groups is 1. The van der Waals surface area contributed by atoms with E-state index in [-0.39, 0.29) is 0 Å². The highest BCUT2D eigenvalue weighted by molar-refractivity contribution is 7.09. The van der Waals surface area contributed by atoms with Crippen LogP contribution in [0.15, 0.2) is 53.9 Å². The molecule has 0 aliphatic carbocycles. The van der Waals surface area contributed by atoms with E-state index in [0.29, 0.717) is 17.0 Å². The third-order valence-electron chi connectivity index (χ3n) is 5.31. The van der Waals surface area contributed by atoms with Crippen molar-refractivity contribution in [1.29, 1.82) is 0 Å². The summed E-state index contributed by atoms with van der Waals surface area (Å²) < 4.78 is 5.14. The van der Waals surface area contributed by atoms with E-state index < -0.39 is 29.9 Å². The molecule has 164 valence electrons. The van der Waals surface area contributed by atoms with Crippen molar-refractivity contribution in [2.45, 2.75) is 19.4 Å². The zero-order valence-corrected chi connectivity index (χ0v) is 18.7. The third kappa shape index (κ3) is 4.06. The highest BCUT2D eigenvalue weighted by Crippen LogP contribution is 2.30. The van der Waals surface area contributed by atoms with Crippen molar-refractivity contribution in [3.8, 4) is 17.0 Å². The molecule has 9 heteroatoms. The number of hydrogen-bond acceptors (Lipinski definition) is 6. The summed E-state index contributed by atoms with van der Waals surface area (Å²) >= 11 is 1.55. The Morgan fingerprint density at radius 2 is 1.97 bits per heavy atom. The van der Waals surface area contributed by atoms with Gasteiger partial charge in [0.25, 0.3) is 5.91 Å². The number of nitrogens with zero attached hydrogens (tertiary/aromatic N) is 2. The van der Waals surface area contributed by atoms with Gasteiger partial charge in [0.1, 0.15) is 17.8 Å². The van der Waals surface area contributed by atoms with E-state index >= 15 is 0 Å². The molecule has 1 atom stereocenters. The molecule has 1 aliphatic rings. The van der Waals surface area contributed by atoms with Gasteiger partial charge >= 0.3 is 6.03 Å². The summed E-state index contributed by atoms with van der Waals surface area (Å²) in [6, 6.07) is 13.5. The second kappa shape index (κ2) is 8.43. The van der Waals surface area contributed by atoms with Crippen molar-refractivity contribution >= 4 is 34.9 Å². The van der Waals surface area contributed by atoms with E-state index in [4.69, 9.17) is 4.74 Å². The van der Waals surface area contributed by atoms with Crippen LogP contribution in [0.3, 0.4) is 0 Å². The fourth-order valence-corrected chi connectivity index (χ4v) is 4.18. The molecular formula is C23H22N4O4S. The van der Waals surface area contributed by atoms with Crippen LogP contribution >= 0.6 is 11.3 Å². The van der Waals surface area contributed by atoms with Gasteiger partial charge in [-0.1, -0.05) is 24.3 Å². The molecule has 0 bridgehead atoms. The summed E-state index contributed by atoms with van der Waals surface area (Å²) in [5.41, 5.74) is 1.60. The summed E-state index contributed by atoms with van der Waals surface area (Å²) in [4.78, 5) is 43.6. The van der Waals surface area contributed by atoms with E-state index in [1.165, 1.54) is 0 Å². The average molecular weight is 451 g/mol. The normalized spacial score (nSPS) is 17.9. The van der Waals surface area contributed by atoms with Crippen molar-refractivity contribution in [1.82, 2.24) is 15.2 Å². The van der Waals surface area contributed by atoms with Gasteiger partial charge in [-0.2, -0.15) is 0 Å². The Balaban J connectivity index is 1.46. The number of rotatable bonds is 6. The molecule has 0 saturated carbocycles. The molecule has 32 heavy (non-hydrogen) atoms. The predicted molar refractivity (Wildman–Crippen MR) is 122 cm³/mol. The lowest BCUT2D eigenvalue weighted by molar-refractivity contribution is -0.133. The number of aryl methyl sites for hydroxylation is 1. The predicted octanol–water partition coefficient (Wildman–Crippen LogP) is 3.53. The van der Waals surface area contributed by atoms with Gasteiger partial charge in [0.05, 0.1) is 17.8 Å². The number of carbonyl (C=O) groups is 3. The summed E-state index contributed by atoms with van der Waals surface area (Å²) in [6.45, 7) is 3.15. The minimum atomic E-state index is -1.26. The van der Waals surface area contributed by atoms with Gasteiger partial charge in [0.15, 0.2) is 0 Å². The summed E-state index contributed by atoms with van der Waals surface area (Å²) in [5, 5.41) is 8.35. The Labute approximate surface area is 189 Å². The molecule has 8 nitrogen and oxygen atoms in total. The van der Waals surface area contributed by atoms with Crippen molar-refractivity contribution in [2.24, 2.45) is 0 Å². The molecule has 3 aromatic rings. The minimum Gasteiger partial charge on any atom is -0.497 e. The van der Waals surface area contributed by atoms with E-state index in [0.717, 1.165) is 21.2 Å². The number of hydrogen-bond donors (Lipinski definition) is 2. The molecule has 4 amide bonds. The Kier molecular flexibility index (Phi) is 5.67. The second-order valence-corrected chi connectivity index (χ2v) is 8.62. The number of carbonyl (C=O) groups excluding carboxylic acids is 3. The van der Waals surface area contributed by atoms with Gasteiger partial charge in [-0.25, -0.2) is 9.78 Å². The first-order valence-corrected chi connectivity index (χ1v) is 10.8. The summed E-state index contributed by atoms with van der Waals surface area (Å²) in [7, 11) is 1.55. The Bertz CT molecular complexity index is 1190. The molecule has 1 fully saturated rings. The van der Waals surface area contributed by atoms with E-state index in [2.05, 4.69) is 15.6 Å². The molecule has 2 N–H and O–H groups in total. The van der Waals surface area contributed by atoms with Crippen molar-refractivity contribution in [2.75, 3.05) is 19.0 Å². The molecule has 4 rings (SSSR count). The number of urea groups is 1. The number of amides is 4. The molecule has 0 spiro atoms. The SMILES string of the molecule is COc1ccc(C2(C)NC(=O)N(CC(=O)Nc3cccc(-c4csc(C)n4)c3)C2=O)cc1. The Hall–Kier alpha value is -3.72. The van der Waals surface area contributed by atoms with Crippen LogP contribution in [0.5, 0.6) is 5.75 Å². The van der Waals surface area contributed by atoms with E-state index in [1.807, 2.05) is 24.4 Å². The van der Waals surface area contributed by atoms with Gasteiger partial charge in [0, 0.05) is 16.6 Å². The first kappa shape index (κ1) is 21.5. The monoisotopic (exact) mass is 450 g/mol. The highest BCUT2D eigenvalue weighted by Gasteiger charge is 2.49. The highest BCUT2D eigenvalue weighted by atomic mass is 32.1. The van der Waals surface area contributed by atoms with Crippen molar-refractivity contribution in [3.05, 3.63) is 64.5 Å². The zero-order valence-electron chi connectivity index (χ0n) is 17.8. The largest absolute Gasteiger partial charge is 0.497 e. The Morgan fingerprint density at radius 1 is 1.22 bits per heavy atom. The van der Waals surface area contributed by atoms with Crippen molar-refractivity contribution < 1.29 is 19.1 Å². The fraction of sp³-hybridized carbons (Fsp3) is 0.217. The van der Waals surface area contributed by atoms with Crippen molar-refractivity contribution in [3.63, 3.8) is 0 Å². The maximum absolute atomic E-state index is 13.0. The molecule has 2 aromatic carbocycles. The van der Waals surface area contributed by atoms with Crippen LogP contribution in [-0.4, -0.2) is 41.4 Å². The minimum absolute atomic E-state index is 0.392. The number of methoxy groups -OCH3 is 1.